The molecule has 0 aliphatic rings. The van der Waals surface area contributed by atoms with E-state index < -0.39 is 11.5 Å². The number of ether oxygens (including phenoxy) is 1. The van der Waals surface area contributed by atoms with Gasteiger partial charge in [-0.1, -0.05) is 19.9 Å². The molecule has 0 saturated carbocycles. The molecule has 0 bridgehead atoms. The van der Waals surface area contributed by atoms with Gasteiger partial charge in [0.05, 0.1) is 0 Å². The van der Waals surface area contributed by atoms with Crippen LogP contribution in [-0.4, -0.2) is 17.3 Å². The number of aryl methyl sites for hydroxylation is 2. The van der Waals surface area contributed by atoms with Crippen LogP contribution in [0.3, 0.4) is 0 Å². The molecule has 1 amide bonds. The van der Waals surface area contributed by atoms with Gasteiger partial charge in [-0.15, -0.1) is 0 Å². The molecule has 1 aromatic carbocycles. The van der Waals surface area contributed by atoms with Crippen molar-refractivity contribution in [2.24, 2.45) is 0 Å². The van der Waals surface area contributed by atoms with Crippen molar-refractivity contribution < 1.29 is 14.3 Å². The number of hydrogen-bond donors (Lipinski definition) is 1. The summed E-state index contributed by atoms with van der Waals surface area (Å²) in [5.74, 6) is 0.511. The summed E-state index contributed by atoms with van der Waals surface area (Å²) >= 11 is 2.99. The number of nitrogens with one attached hydrogen (secondary N) is 1. The minimum Gasteiger partial charge on any atom is -0.410 e. The Morgan fingerprint density at radius 2 is 1.90 bits per heavy atom. The largest absolute Gasteiger partial charge is 0.412 e. The summed E-state index contributed by atoms with van der Waals surface area (Å²) in [7, 11) is 0. The summed E-state index contributed by atoms with van der Waals surface area (Å²) < 4.78 is 5.37. The smallest absolute Gasteiger partial charge is 0.410 e. The molecule has 1 N–H and O–H groups in total. The number of hydrogen-bond acceptors (Lipinski definition) is 3. The van der Waals surface area contributed by atoms with Crippen LogP contribution in [-0.2, 0) is 10.2 Å². The summed E-state index contributed by atoms with van der Waals surface area (Å²) in [5, 5.41) is 2.62. The highest BCUT2D eigenvalue weighted by atomic mass is 79.9. The van der Waals surface area contributed by atoms with Crippen molar-refractivity contribution in [2.75, 3.05) is 6.54 Å². The average Bonchev–Trinajstić information content (AvgIpc) is 2.24. The predicted molar refractivity (Wildman–Crippen MR) is 87.2 cm³/mol. The lowest BCUT2D eigenvalue weighted by Crippen LogP contribution is -2.29. The van der Waals surface area contributed by atoms with E-state index in [9.17, 15) is 9.59 Å². The Morgan fingerprint density at radius 1 is 1.29 bits per heavy atom. The molecule has 116 valence electrons. The summed E-state index contributed by atoms with van der Waals surface area (Å²) in [6.07, 6.45) is -0.160. The topological polar surface area (TPSA) is 55.4 Å². The van der Waals surface area contributed by atoms with E-state index in [1.165, 1.54) is 0 Å². The van der Waals surface area contributed by atoms with Gasteiger partial charge in [-0.2, -0.15) is 0 Å². The first-order valence-electron chi connectivity index (χ1n) is 6.93. The van der Waals surface area contributed by atoms with Gasteiger partial charge < -0.3 is 10.1 Å². The third-order valence-corrected chi connectivity index (χ3v) is 3.51. The maximum Gasteiger partial charge on any atom is 0.412 e. The molecule has 0 aliphatic carbocycles. The highest BCUT2D eigenvalue weighted by Crippen LogP contribution is 2.38. The lowest BCUT2D eigenvalue weighted by molar-refractivity contribution is -0.111. The number of amides is 1. The van der Waals surface area contributed by atoms with E-state index in [0.717, 1.165) is 16.7 Å². The van der Waals surface area contributed by atoms with Crippen LogP contribution in [0.1, 0.15) is 43.9 Å². The predicted octanol–water partition coefficient (Wildman–Crippen LogP) is 4.00. The van der Waals surface area contributed by atoms with Crippen molar-refractivity contribution in [1.82, 2.24) is 5.32 Å². The second-order valence-electron chi connectivity index (χ2n) is 5.79. The first-order valence-corrected chi connectivity index (χ1v) is 7.72. The van der Waals surface area contributed by atoms with Gasteiger partial charge in [0.2, 0.25) is 0 Å². The molecule has 5 heteroatoms. The number of benzene rings is 1. The van der Waals surface area contributed by atoms with Crippen LogP contribution in [0.25, 0.3) is 0 Å². The zero-order valence-corrected chi connectivity index (χ0v) is 14.8. The van der Waals surface area contributed by atoms with Gasteiger partial charge in [0.15, 0.2) is 4.69 Å². The van der Waals surface area contributed by atoms with Crippen molar-refractivity contribution in [1.29, 1.82) is 0 Å². The Labute approximate surface area is 134 Å². The number of halogens is 1. The third kappa shape index (κ3) is 4.84. The molecule has 0 saturated heterocycles. The molecule has 0 aromatic heterocycles. The van der Waals surface area contributed by atoms with E-state index >= 15 is 0 Å². The molecule has 0 atom stereocenters. The van der Waals surface area contributed by atoms with Crippen molar-refractivity contribution in [3.05, 3.63) is 28.8 Å². The van der Waals surface area contributed by atoms with Crippen LogP contribution in [0.2, 0.25) is 0 Å². The van der Waals surface area contributed by atoms with Crippen LogP contribution in [0.5, 0.6) is 5.75 Å². The molecule has 0 spiro atoms. The zero-order valence-electron chi connectivity index (χ0n) is 13.2. The van der Waals surface area contributed by atoms with Crippen LogP contribution >= 0.6 is 15.9 Å². The van der Waals surface area contributed by atoms with E-state index in [4.69, 9.17) is 4.74 Å². The normalized spacial score (nSPS) is 11.1. The Bertz CT molecular complexity index is 553. The van der Waals surface area contributed by atoms with Crippen LogP contribution in [0, 0.1) is 13.8 Å². The fraction of sp³-hybridized carbons (Fsp3) is 0.500. The van der Waals surface area contributed by atoms with Gasteiger partial charge in [-0.05, 0) is 53.9 Å². The fourth-order valence-corrected chi connectivity index (χ4v) is 3.29. The highest BCUT2D eigenvalue weighted by Gasteiger charge is 2.29. The van der Waals surface area contributed by atoms with Crippen LogP contribution in [0.4, 0.5) is 4.79 Å². The first-order chi connectivity index (χ1) is 9.67. The van der Waals surface area contributed by atoms with E-state index in [1.807, 2.05) is 46.8 Å². The summed E-state index contributed by atoms with van der Waals surface area (Å²) in [4.78, 5) is 23.2. The summed E-state index contributed by atoms with van der Waals surface area (Å²) in [5.41, 5.74) is 2.47. The summed E-state index contributed by atoms with van der Waals surface area (Å²) in [6.45, 7) is 10.2. The monoisotopic (exact) mass is 355 g/mol. The maximum absolute atomic E-state index is 11.7. The molecule has 21 heavy (non-hydrogen) atoms. The van der Waals surface area contributed by atoms with Crippen molar-refractivity contribution in [2.45, 2.75) is 46.5 Å². The molecule has 1 aromatic rings. The minimum absolute atomic E-state index is 0.0727. The van der Waals surface area contributed by atoms with Crippen molar-refractivity contribution in [3.8, 4) is 5.75 Å². The number of rotatable bonds is 5. The molecule has 1 rings (SSSR count). The first kappa shape index (κ1) is 17.7. The van der Waals surface area contributed by atoms with Crippen molar-refractivity contribution in [3.63, 3.8) is 0 Å². The number of carbonyl (C=O) groups is 2. The maximum atomic E-state index is 11.7. The second kappa shape index (κ2) is 7.07. The highest BCUT2D eigenvalue weighted by molar-refractivity contribution is 9.18. The minimum atomic E-state index is -0.482. The molecular weight excluding hydrogens is 334 g/mol. The van der Waals surface area contributed by atoms with Gasteiger partial charge in [0, 0.05) is 23.9 Å². The van der Waals surface area contributed by atoms with E-state index in [-0.39, 0.29) is 4.69 Å². The molecule has 4 nitrogen and oxygen atoms in total. The lowest BCUT2D eigenvalue weighted by atomic mass is 9.78. The molecule has 0 aliphatic heterocycles. The van der Waals surface area contributed by atoms with E-state index in [0.29, 0.717) is 18.7 Å². The Hall–Kier alpha value is -1.36. The third-order valence-electron chi connectivity index (χ3n) is 3.23. The molecule has 0 radical (unpaired) electrons. The average molecular weight is 356 g/mol. The molecule has 0 fully saturated rings. The van der Waals surface area contributed by atoms with Gasteiger partial charge in [0.1, 0.15) is 5.75 Å². The lowest BCUT2D eigenvalue weighted by Gasteiger charge is -2.28. The standard InChI is InChI=1S/C16H22BrNO3/c1-6-18-15(20)21-12-8-10(2)7-11(3)14(12)16(4,5)9-13(17)19/h7-8H,6,9H2,1-5H3,(H,18,20). The van der Waals surface area contributed by atoms with E-state index in [1.54, 1.807) is 0 Å². The molecule has 0 heterocycles. The second-order valence-corrected chi connectivity index (χ2v) is 6.68. The Morgan fingerprint density at radius 3 is 2.43 bits per heavy atom. The van der Waals surface area contributed by atoms with Gasteiger partial charge in [0.25, 0.3) is 0 Å². The van der Waals surface area contributed by atoms with Crippen molar-refractivity contribution >= 4 is 26.7 Å². The Balaban J connectivity index is 3.29. The van der Waals surface area contributed by atoms with Crippen LogP contribution in [0.15, 0.2) is 12.1 Å². The Kier molecular flexibility index (Phi) is 5.96. The number of carbonyl (C=O) groups excluding carboxylic acids is 2. The van der Waals surface area contributed by atoms with Crippen LogP contribution < -0.4 is 10.1 Å². The van der Waals surface area contributed by atoms with Gasteiger partial charge in [-0.3, -0.25) is 4.79 Å². The molecule has 0 unspecified atom stereocenters. The zero-order chi connectivity index (χ0) is 16.2. The SMILES string of the molecule is CCNC(=O)Oc1cc(C)cc(C)c1C(C)(C)CC(=O)Br. The fourth-order valence-electron chi connectivity index (χ4n) is 2.59. The quantitative estimate of drug-likeness (QED) is 0.812. The summed E-state index contributed by atoms with van der Waals surface area (Å²) in [6, 6.07) is 3.86. The molecular formula is C16H22BrNO3. The van der Waals surface area contributed by atoms with Gasteiger partial charge in [-0.25, -0.2) is 4.79 Å². The van der Waals surface area contributed by atoms with Gasteiger partial charge >= 0.3 is 6.09 Å². The van der Waals surface area contributed by atoms with E-state index in [2.05, 4.69) is 21.2 Å².